The lowest BCUT2D eigenvalue weighted by molar-refractivity contribution is 1.08. The van der Waals surface area contributed by atoms with Crippen LogP contribution < -0.4 is 0 Å². The second-order valence-corrected chi connectivity index (χ2v) is 14.4. The molecule has 0 amide bonds. The van der Waals surface area contributed by atoms with Gasteiger partial charge in [0.2, 0.25) is 0 Å². The van der Waals surface area contributed by atoms with Gasteiger partial charge in [0, 0.05) is 42.4 Å². The first kappa shape index (κ1) is 28.9. The lowest BCUT2D eigenvalue weighted by Crippen LogP contribution is -2.00. The molecule has 0 aliphatic rings. The van der Waals surface area contributed by atoms with Crippen molar-refractivity contribution in [1.29, 1.82) is 0 Å². The molecule has 234 valence electrons. The minimum atomic E-state index is 0.645. The Hall–Kier alpha value is -6.08. The Kier molecular flexibility index (Phi) is 6.82. The number of rotatable bonds is 5. The van der Waals surface area contributed by atoms with Gasteiger partial charge in [0.05, 0.1) is 10.2 Å². The van der Waals surface area contributed by atoms with Crippen LogP contribution in [0.5, 0.6) is 0 Å². The van der Waals surface area contributed by atoms with Crippen LogP contribution in [0.4, 0.5) is 0 Å². The van der Waals surface area contributed by atoms with E-state index in [2.05, 4.69) is 133 Å². The molecule has 10 rings (SSSR count). The molecule has 6 heteroatoms. The van der Waals surface area contributed by atoms with Crippen LogP contribution in [0.15, 0.2) is 158 Å². The highest BCUT2D eigenvalue weighted by Gasteiger charge is 2.17. The Labute approximate surface area is 296 Å². The lowest BCUT2D eigenvalue weighted by Gasteiger charge is -2.12. The Morgan fingerprint density at radius 2 is 0.960 bits per heavy atom. The monoisotopic (exact) mass is 674 g/mol. The molecule has 0 N–H and O–H groups in total. The van der Waals surface area contributed by atoms with Crippen molar-refractivity contribution in [3.05, 3.63) is 158 Å². The van der Waals surface area contributed by atoms with Crippen molar-refractivity contribution in [2.75, 3.05) is 0 Å². The normalized spacial score (nSPS) is 11.6. The summed E-state index contributed by atoms with van der Waals surface area (Å²) < 4.78 is 3.63. The summed E-state index contributed by atoms with van der Waals surface area (Å²) in [5.74, 6) is 1.94. The maximum atomic E-state index is 5.17. The Balaban J connectivity index is 1.15. The first-order valence-corrected chi connectivity index (χ1v) is 18.1. The predicted molar refractivity (Wildman–Crippen MR) is 211 cm³/mol. The number of hydrogen-bond donors (Lipinski definition) is 0. The van der Waals surface area contributed by atoms with Gasteiger partial charge in [0.25, 0.3) is 0 Å². The van der Waals surface area contributed by atoms with Crippen LogP contribution in [-0.2, 0) is 0 Å². The first-order valence-electron chi connectivity index (χ1n) is 16.5. The topological polar surface area (TPSA) is 51.6 Å². The van der Waals surface area contributed by atoms with Crippen molar-refractivity contribution in [3.8, 4) is 55.9 Å². The number of fused-ring (bicyclic) bond motifs is 5. The van der Waals surface area contributed by atoms with Crippen LogP contribution in [0.25, 0.3) is 97.0 Å². The molecule has 0 fully saturated rings. The van der Waals surface area contributed by atoms with Crippen LogP contribution in [0.2, 0.25) is 0 Å². The van der Waals surface area contributed by atoms with Gasteiger partial charge in [-0.25, -0.2) is 19.9 Å². The number of hydrogen-bond acceptors (Lipinski definition) is 6. The maximum Gasteiger partial charge on any atom is 0.164 e. The average molecular weight is 675 g/mol. The Morgan fingerprint density at radius 3 is 1.72 bits per heavy atom. The molecule has 3 heterocycles. The molecule has 0 bridgehead atoms. The van der Waals surface area contributed by atoms with E-state index in [-0.39, 0.29) is 0 Å². The third-order valence-corrected chi connectivity index (χ3v) is 11.3. The molecular formula is C44H26N4S2. The molecule has 7 aromatic carbocycles. The lowest BCUT2D eigenvalue weighted by atomic mass is 9.95. The average Bonchev–Trinajstić information content (AvgIpc) is 3.77. The molecule has 0 aliphatic carbocycles. The van der Waals surface area contributed by atoms with E-state index in [4.69, 9.17) is 19.9 Å². The summed E-state index contributed by atoms with van der Waals surface area (Å²) in [5.41, 5.74) is 7.34. The largest absolute Gasteiger partial charge is 0.236 e. The summed E-state index contributed by atoms with van der Waals surface area (Å²) in [5, 5.41) is 5.80. The summed E-state index contributed by atoms with van der Waals surface area (Å²) in [6, 6.07) is 55.1. The van der Waals surface area contributed by atoms with Gasteiger partial charge in [-0.3, -0.25) is 0 Å². The maximum absolute atomic E-state index is 5.17. The van der Waals surface area contributed by atoms with Crippen LogP contribution in [0.1, 0.15) is 0 Å². The van der Waals surface area contributed by atoms with E-state index in [1.165, 1.54) is 30.3 Å². The minimum Gasteiger partial charge on any atom is -0.236 e. The van der Waals surface area contributed by atoms with Crippen LogP contribution in [0.3, 0.4) is 0 Å². The van der Waals surface area contributed by atoms with Gasteiger partial charge in [-0.1, -0.05) is 115 Å². The van der Waals surface area contributed by atoms with Gasteiger partial charge >= 0.3 is 0 Å². The molecule has 10 aromatic rings. The van der Waals surface area contributed by atoms with E-state index in [0.29, 0.717) is 17.5 Å². The van der Waals surface area contributed by atoms with Crippen LogP contribution in [0, 0.1) is 0 Å². The van der Waals surface area contributed by atoms with E-state index < -0.39 is 0 Å². The zero-order chi connectivity index (χ0) is 33.0. The predicted octanol–water partition coefficient (Wildman–Crippen LogP) is 12.3. The van der Waals surface area contributed by atoms with Crippen molar-refractivity contribution in [3.63, 3.8) is 0 Å². The van der Waals surface area contributed by atoms with Gasteiger partial charge in [-0.15, -0.1) is 22.7 Å². The first-order chi connectivity index (χ1) is 24.7. The van der Waals surface area contributed by atoms with E-state index in [1.807, 2.05) is 24.3 Å². The number of thiazole rings is 1. The number of aromatic nitrogens is 4. The highest BCUT2D eigenvalue weighted by molar-refractivity contribution is 7.26. The fourth-order valence-corrected chi connectivity index (χ4v) is 8.78. The molecular weight excluding hydrogens is 649 g/mol. The fraction of sp³-hybridized carbons (Fsp3) is 0. The molecule has 0 atom stereocenters. The SMILES string of the molecule is c1ccc(-c2nc(-c3cc(-c4ccccc4)c4ccccc4c3)nc(-c3ccc4sc5cc6nc(-c7ccccc7)sc6cc5c4c3)n2)cc1. The highest BCUT2D eigenvalue weighted by atomic mass is 32.1. The summed E-state index contributed by atoms with van der Waals surface area (Å²) in [6.45, 7) is 0. The summed E-state index contributed by atoms with van der Waals surface area (Å²) >= 11 is 3.54. The zero-order valence-corrected chi connectivity index (χ0v) is 28.2. The van der Waals surface area contributed by atoms with Crippen molar-refractivity contribution in [2.45, 2.75) is 0 Å². The fourth-order valence-electron chi connectivity index (χ4n) is 6.69. The van der Waals surface area contributed by atoms with Gasteiger partial charge < -0.3 is 0 Å². The Bertz CT molecular complexity index is 2860. The third-order valence-electron chi connectivity index (χ3n) is 9.13. The van der Waals surface area contributed by atoms with Crippen molar-refractivity contribution < 1.29 is 0 Å². The highest BCUT2D eigenvalue weighted by Crippen LogP contribution is 2.41. The standard InChI is InChI=1S/C44H26N4S2/c1-4-12-27(13-5-1)34-24-32(22-30-18-10-11-19-33(30)34)43-47-41(28-14-6-2-7-15-28)46-42(48-43)31-20-21-38-35(23-31)36-25-40-37(26-39(36)49-38)45-44(50-40)29-16-8-3-9-17-29/h1-26H. The summed E-state index contributed by atoms with van der Waals surface area (Å²) in [6.07, 6.45) is 0. The quantitative estimate of drug-likeness (QED) is 0.182. The molecule has 0 saturated carbocycles. The molecule has 4 nitrogen and oxygen atoms in total. The number of nitrogens with zero attached hydrogens (tertiary/aromatic N) is 4. The Morgan fingerprint density at radius 1 is 0.340 bits per heavy atom. The van der Waals surface area contributed by atoms with Gasteiger partial charge in [-0.05, 0) is 64.4 Å². The third kappa shape index (κ3) is 5.05. The molecule has 0 spiro atoms. The van der Waals surface area contributed by atoms with Gasteiger partial charge in [0.15, 0.2) is 17.5 Å². The minimum absolute atomic E-state index is 0.645. The summed E-state index contributed by atoms with van der Waals surface area (Å²) in [4.78, 5) is 20.3. The molecule has 0 unspecified atom stereocenters. The molecule has 3 aromatic heterocycles. The molecule has 50 heavy (non-hydrogen) atoms. The van der Waals surface area contributed by atoms with Crippen LogP contribution in [-0.4, -0.2) is 19.9 Å². The van der Waals surface area contributed by atoms with Crippen molar-refractivity contribution in [1.82, 2.24) is 19.9 Å². The van der Waals surface area contributed by atoms with Gasteiger partial charge in [0.1, 0.15) is 5.01 Å². The van der Waals surface area contributed by atoms with E-state index in [0.717, 1.165) is 49.3 Å². The van der Waals surface area contributed by atoms with Crippen molar-refractivity contribution >= 4 is 63.8 Å². The number of benzene rings is 7. The molecule has 0 radical (unpaired) electrons. The molecule has 0 saturated heterocycles. The van der Waals surface area contributed by atoms with Gasteiger partial charge in [-0.2, -0.15) is 0 Å². The van der Waals surface area contributed by atoms with Crippen molar-refractivity contribution in [2.24, 2.45) is 0 Å². The van der Waals surface area contributed by atoms with E-state index in [1.54, 1.807) is 22.7 Å². The van der Waals surface area contributed by atoms with E-state index >= 15 is 0 Å². The smallest absolute Gasteiger partial charge is 0.164 e. The zero-order valence-electron chi connectivity index (χ0n) is 26.6. The summed E-state index contributed by atoms with van der Waals surface area (Å²) in [7, 11) is 0. The number of thiophene rings is 1. The van der Waals surface area contributed by atoms with Crippen LogP contribution >= 0.6 is 22.7 Å². The second kappa shape index (κ2) is 11.8. The van der Waals surface area contributed by atoms with E-state index in [9.17, 15) is 0 Å². The molecule has 0 aliphatic heterocycles. The second-order valence-electron chi connectivity index (χ2n) is 12.3.